The van der Waals surface area contributed by atoms with Crippen molar-refractivity contribution in [3.63, 3.8) is 0 Å². The van der Waals surface area contributed by atoms with E-state index >= 15 is 0 Å². The molecule has 1 atom stereocenters. The van der Waals surface area contributed by atoms with E-state index in [0.29, 0.717) is 12.0 Å². The first-order valence-corrected chi connectivity index (χ1v) is 6.82. The zero-order chi connectivity index (χ0) is 15.9. The molecule has 0 aliphatic carbocycles. The quantitative estimate of drug-likeness (QED) is 0.827. The first-order valence-electron chi connectivity index (χ1n) is 6.82. The molecule has 0 saturated carbocycles. The minimum absolute atomic E-state index is 0.0744. The molecular formula is C17H17NO4. The van der Waals surface area contributed by atoms with Gasteiger partial charge in [-0.2, -0.15) is 0 Å². The average Bonchev–Trinajstić information content (AvgIpc) is 2.55. The number of carbonyl (C=O) groups is 2. The highest BCUT2D eigenvalue weighted by Crippen LogP contribution is 2.11. The van der Waals surface area contributed by atoms with Gasteiger partial charge in [-0.25, -0.2) is 4.79 Å². The van der Waals surface area contributed by atoms with Crippen molar-refractivity contribution in [2.45, 2.75) is 12.5 Å². The molecule has 0 saturated heterocycles. The predicted octanol–water partition coefficient (Wildman–Crippen LogP) is 1.91. The molecule has 5 heteroatoms. The number of phenolic OH excluding ortho intramolecular Hbond substituents is 1. The van der Waals surface area contributed by atoms with E-state index in [2.05, 4.69) is 5.32 Å². The fourth-order valence-electron chi connectivity index (χ4n) is 2.04. The maximum absolute atomic E-state index is 12.2. The Hall–Kier alpha value is -2.82. The highest BCUT2D eigenvalue weighted by molar-refractivity contribution is 5.96. The Morgan fingerprint density at radius 1 is 1.09 bits per heavy atom. The minimum atomic E-state index is -0.770. The van der Waals surface area contributed by atoms with Gasteiger partial charge >= 0.3 is 5.97 Å². The number of phenols is 1. The summed E-state index contributed by atoms with van der Waals surface area (Å²) < 4.78 is 4.75. The van der Waals surface area contributed by atoms with Gasteiger partial charge in [0.2, 0.25) is 0 Å². The SMILES string of the molecule is COC(=O)C(Cc1ccccc1)NC(=O)c1ccc(O)cc1. The third kappa shape index (κ3) is 4.09. The molecule has 0 heterocycles. The van der Waals surface area contributed by atoms with Gasteiger partial charge in [0.25, 0.3) is 5.91 Å². The van der Waals surface area contributed by atoms with Crippen LogP contribution in [0.5, 0.6) is 5.75 Å². The highest BCUT2D eigenvalue weighted by Gasteiger charge is 2.22. The van der Waals surface area contributed by atoms with Gasteiger partial charge < -0.3 is 15.2 Å². The van der Waals surface area contributed by atoms with Crippen LogP contribution in [0.25, 0.3) is 0 Å². The molecule has 0 aliphatic heterocycles. The van der Waals surface area contributed by atoms with E-state index in [1.807, 2.05) is 30.3 Å². The van der Waals surface area contributed by atoms with Crippen molar-refractivity contribution in [2.24, 2.45) is 0 Å². The second kappa shape index (κ2) is 7.26. The van der Waals surface area contributed by atoms with Crippen LogP contribution in [-0.2, 0) is 16.0 Å². The summed E-state index contributed by atoms with van der Waals surface area (Å²) in [6.07, 6.45) is 0.345. The summed E-state index contributed by atoms with van der Waals surface area (Å²) in [5, 5.41) is 11.9. The van der Waals surface area contributed by atoms with Crippen molar-refractivity contribution in [1.82, 2.24) is 5.32 Å². The van der Waals surface area contributed by atoms with Gasteiger partial charge in [0, 0.05) is 12.0 Å². The molecule has 2 N–H and O–H groups in total. The number of rotatable bonds is 5. The van der Waals surface area contributed by atoms with E-state index < -0.39 is 17.9 Å². The predicted molar refractivity (Wildman–Crippen MR) is 81.5 cm³/mol. The van der Waals surface area contributed by atoms with Crippen molar-refractivity contribution in [3.8, 4) is 5.75 Å². The lowest BCUT2D eigenvalue weighted by Crippen LogP contribution is -2.43. The van der Waals surface area contributed by atoms with Crippen LogP contribution in [0.2, 0.25) is 0 Å². The Kier molecular flexibility index (Phi) is 5.14. The number of ether oxygens (including phenoxy) is 1. The number of amides is 1. The molecule has 0 radical (unpaired) electrons. The Morgan fingerprint density at radius 2 is 1.73 bits per heavy atom. The van der Waals surface area contributed by atoms with Crippen LogP contribution in [0.15, 0.2) is 54.6 Å². The topological polar surface area (TPSA) is 75.6 Å². The molecule has 0 fully saturated rings. The molecule has 0 aliphatic rings. The van der Waals surface area contributed by atoms with Crippen molar-refractivity contribution in [2.75, 3.05) is 7.11 Å². The highest BCUT2D eigenvalue weighted by atomic mass is 16.5. The van der Waals surface area contributed by atoms with E-state index in [-0.39, 0.29) is 5.75 Å². The Bertz CT molecular complexity index is 637. The Morgan fingerprint density at radius 3 is 2.32 bits per heavy atom. The smallest absolute Gasteiger partial charge is 0.328 e. The van der Waals surface area contributed by atoms with Crippen LogP contribution in [0.3, 0.4) is 0 Å². The molecule has 0 spiro atoms. The second-order valence-electron chi connectivity index (χ2n) is 4.79. The van der Waals surface area contributed by atoms with Crippen LogP contribution < -0.4 is 5.32 Å². The number of carbonyl (C=O) groups excluding carboxylic acids is 2. The largest absolute Gasteiger partial charge is 0.508 e. The molecule has 1 amide bonds. The van der Waals surface area contributed by atoms with Crippen LogP contribution in [0.4, 0.5) is 0 Å². The third-order valence-electron chi connectivity index (χ3n) is 3.20. The fraction of sp³-hybridized carbons (Fsp3) is 0.176. The first kappa shape index (κ1) is 15.6. The lowest BCUT2D eigenvalue weighted by Gasteiger charge is -2.16. The molecular weight excluding hydrogens is 282 g/mol. The number of hydrogen-bond donors (Lipinski definition) is 2. The van der Waals surface area contributed by atoms with Gasteiger partial charge in [-0.15, -0.1) is 0 Å². The summed E-state index contributed by atoms with van der Waals surface area (Å²) in [6, 6.07) is 14.4. The summed E-state index contributed by atoms with van der Waals surface area (Å²) in [4.78, 5) is 24.0. The zero-order valence-corrected chi connectivity index (χ0v) is 12.2. The van der Waals surface area contributed by atoms with E-state index in [9.17, 15) is 14.7 Å². The van der Waals surface area contributed by atoms with Gasteiger partial charge in [0.05, 0.1) is 7.11 Å². The molecule has 2 aromatic carbocycles. The van der Waals surface area contributed by atoms with Crippen molar-refractivity contribution >= 4 is 11.9 Å². The number of benzene rings is 2. The number of methoxy groups -OCH3 is 1. The zero-order valence-electron chi connectivity index (χ0n) is 12.2. The molecule has 5 nitrogen and oxygen atoms in total. The summed E-state index contributed by atoms with van der Waals surface area (Å²) in [5.41, 5.74) is 1.28. The summed E-state index contributed by atoms with van der Waals surface area (Å²) in [7, 11) is 1.28. The number of hydrogen-bond acceptors (Lipinski definition) is 4. The van der Waals surface area contributed by atoms with E-state index in [1.165, 1.54) is 31.4 Å². The molecule has 0 aromatic heterocycles. The number of aromatic hydroxyl groups is 1. The molecule has 114 valence electrons. The molecule has 0 bridgehead atoms. The standard InChI is InChI=1S/C17H17NO4/c1-22-17(21)15(11-12-5-3-2-4-6-12)18-16(20)13-7-9-14(19)10-8-13/h2-10,15,19H,11H2,1H3,(H,18,20). The third-order valence-corrected chi connectivity index (χ3v) is 3.20. The Labute approximate surface area is 128 Å². The molecule has 2 aromatic rings. The van der Waals surface area contributed by atoms with Crippen LogP contribution in [0.1, 0.15) is 15.9 Å². The minimum Gasteiger partial charge on any atom is -0.508 e. The van der Waals surface area contributed by atoms with Gasteiger partial charge in [0.1, 0.15) is 11.8 Å². The number of esters is 1. The van der Waals surface area contributed by atoms with Gasteiger partial charge in [-0.05, 0) is 29.8 Å². The van der Waals surface area contributed by atoms with Crippen molar-refractivity contribution in [1.29, 1.82) is 0 Å². The van der Waals surface area contributed by atoms with E-state index in [1.54, 1.807) is 0 Å². The van der Waals surface area contributed by atoms with Crippen molar-refractivity contribution < 1.29 is 19.4 Å². The monoisotopic (exact) mass is 299 g/mol. The second-order valence-corrected chi connectivity index (χ2v) is 4.79. The number of nitrogens with one attached hydrogen (secondary N) is 1. The van der Waals surface area contributed by atoms with Crippen molar-refractivity contribution in [3.05, 3.63) is 65.7 Å². The maximum atomic E-state index is 12.2. The molecule has 22 heavy (non-hydrogen) atoms. The lowest BCUT2D eigenvalue weighted by molar-refractivity contribution is -0.142. The fourth-order valence-corrected chi connectivity index (χ4v) is 2.04. The van der Waals surface area contributed by atoms with Crippen LogP contribution >= 0.6 is 0 Å². The summed E-state index contributed by atoms with van der Waals surface area (Å²) in [5.74, 6) is -0.826. The average molecular weight is 299 g/mol. The first-order chi connectivity index (χ1) is 10.6. The van der Waals surface area contributed by atoms with Gasteiger partial charge in [-0.1, -0.05) is 30.3 Å². The van der Waals surface area contributed by atoms with Crippen LogP contribution in [-0.4, -0.2) is 30.1 Å². The van der Waals surface area contributed by atoms with Crippen LogP contribution in [0, 0.1) is 0 Å². The molecule has 2 rings (SSSR count). The van der Waals surface area contributed by atoms with Gasteiger partial charge in [0.15, 0.2) is 0 Å². The van der Waals surface area contributed by atoms with E-state index in [4.69, 9.17) is 4.74 Å². The van der Waals surface area contributed by atoms with E-state index in [0.717, 1.165) is 5.56 Å². The lowest BCUT2D eigenvalue weighted by atomic mass is 10.1. The Balaban J connectivity index is 2.11. The van der Waals surface area contributed by atoms with Gasteiger partial charge in [-0.3, -0.25) is 4.79 Å². The summed E-state index contributed by atoms with van der Waals surface area (Å²) >= 11 is 0. The summed E-state index contributed by atoms with van der Waals surface area (Å²) in [6.45, 7) is 0. The maximum Gasteiger partial charge on any atom is 0.328 e. The molecule has 1 unspecified atom stereocenters. The normalized spacial score (nSPS) is 11.5.